The van der Waals surface area contributed by atoms with E-state index in [2.05, 4.69) is 42.2 Å². The van der Waals surface area contributed by atoms with E-state index in [4.69, 9.17) is 9.47 Å². The number of nitrogens with one attached hydrogen (secondary N) is 1. The summed E-state index contributed by atoms with van der Waals surface area (Å²) in [6, 6.07) is 4.18. The second-order valence-corrected chi connectivity index (χ2v) is 10.2. The molecule has 0 saturated carbocycles. The van der Waals surface area contributed by atoms with E-state index in [9.17, 15) is 0 Å². The molecule has 1 fully saturated rings. The minimum Gasteiger partial charge on any atom is -0.495 e. The number of rotatable bonds is 7. The van der Waals surface area contributed by atoms with Crippen molar-refractivity contribution in [1.82, 2.24) is 19.8 Å². The number of nitrogens with zero attached hydrogens (tertiary/aromatic N) is 5. The fourth-order valence-electron chi connectivity index (χ4n) is 5.14. The Labute approximate surface area is 203 Å². The number of thiophene rings is 1. The Morgan fingerprint density at radius 3 is 2.88 bits per heavy atom. The lowest BCUT2D eigenvalue weighted by molar-refractivity contribution is 0.0359. The first kappa shape index (κ1) is 21.9. The highest BCUT2D eigenvalue weighted by Crippen LogP contribution is 2.40. The molecule has 8 nitrogen and oxygen atoms in total. The molecule has 0 spiro atoms. The van der Waals surface area contributed by atoms with Crippen molar-refractivity contribution in [2.75, 3.05) is 58.4 Å². The van der Waals surface area contributed by atoms with Gasteiger partial charge < -0.3 is 14.8 Å². The summed E-state index contributed by atoms with van der Waals surface area (Å²) in [6.07, 6.45) is 5.82. The van der Waals surface area contributed by atoms with Gasteiger partial charge >= 0.3 is 0 Å². The van der Waals surface area contributed by atoms with Crippen molar-refractivity contribution in [3.63, 3.8) is 0 Å². The first-order valence-electron chi connectivity index (χ1n) is 12.0. The van der Waals surface area contributed by atoms with Gasteiger partial charge in [0.05, 0.1) is 37.9 Å². The third-order valence-corrected chi connectivity index (χ3v) is 8.10. The minimum atomic E-state index is 0.713. The summed E-state index contributed by atoms with van der Waals surface area (Å²) in [5.74, 6) is 1.67. The predicted molar refractivity (Wildman–Crippen MR) is 136 cm³/mol. The van der Waals surface area contributed by atoms with Crippen LogP contribution in [0.4, 0.5) is 11.5 Å². The number of ether oxygens (including phenoxy) is 2. The van der Waals surface area contributed by atoms with Crippen LogP contribution in [0.2, 0.25) is 0 Å². The summed E-state index contributed by atoms with van der Waals surface area (Å²) in [7, 11) is 1.71. The highest BCUT2D eigenvalue weighted by atomic mass is 32.1. The van der Waals surface area contributed by atoms with Crippen molar-refractivity contribution in [1.29, 1.82) is 0 Å². The van der Waals surface area contributed by atoms with Crippen LogP contribution in [0.1, 0.15) is 28.0 Å². The van der Waals surface area contributed by atoms with Gasteiger partial charge in [-0.1, -0.05) is 0 Å². The summed E-state index contributed by atoms with van der Waals surface area (Å²) < 4.78 is 11.1. The van der Waals surface area contributed by atoms with Crippen LogP contribution < -0.4 is 10.1 Å². The van der Waals surface area contributed by atoms with Crippen LogP contribution in [0, 0.1) is 0 Å². The van der Waals surface area contributed by atoms with E-state index in [-0.39, 0.29) is 0 Å². The van der Waals surface area contributed by atoms with Gasteiger partial charge in [0.15, 0.2) is 0 Å². The maximum Gasteiger partial charge on any atom is 0.142 e. The molecule has 3 aliphatic heterocycles. The Morgan fingerprint density at radius 1 is 1.12 bits per heavy atom. The van der Waals surface area contributed by atoms with Gasteiger partial charge in [0, 0.05) is 37.3 Å². The number of aromatic nitrogens is 2. The highest BCUT2D eigenvalue weighted by Gasteiger charge is 2.24. The topological polar surface area (TPSA) is 75.1 Å². The molecule has 6 rings (SSSR count). The van der Waals surface area contributed by atoms with Crippen LogP contribution in [0.5, 0.6) is 5.75 Å². The van der Waals surface area contributed by atoms with E-state index in [0.29, 0.717) is 6.54 Å². The number of fused-ring (bicyclic) bond motifs is 4. The average molecular weight is 479 g/mol. The SMILES string of the molecule is COc1cc2c(cc1Nc1ncnc3sc4c(c13)CCN(CCCN1CCOCC1)C4)C=NC2. The van der Waals surface area contributed by atoms with Crippen LogP contribution in [0.3, 0.4) is 0 Å². The third-order valence-electron chi connectivity index (χ3n) is 6.97. The van der Waals surface area contributed by atoms with Crippen LogP contribution in [-0.2, 0) is 24.2 Å². The maximum atomic E-state index is 5.67. The standard InChI is InChI=1S/C25H30N6O2S/c1-32-21-12-18-14-26-13-17(18)11-20(21)29-24-23-19-3-6-31(5-2-4-30-7-9-33-10-8-30)15-22(19)34-25(23)28-16-27-24/h11-13,16H,2-10,14-15H2,1H3,(H,27,28,29). The fraction of sp³-hybridized carbons (Fsp3) is 0.480. The molecule has 1 saturated heterocycles. The molecule has 9 heteroatoms. The third kappa shape index (κ3) is 4.29. The summed E-state index contributed by atoms with van der Waals surface area (Å²) in [6.45, 7) is 8.96. The van der Waals surface area contributed by atoms with E-state index >= 15 is 0 Å². The van der Waals surface area contributed by atoms with Crippen molar-refractivity contribution < 1.29 is 9.47 Å². The Bertz CT molecular complexity index is 1220. The fourth-order valence-corrected chi connectivity index (χ4v) is 6.37. The normalized spacial score (nSPS) is 18.3. The molecule has 0 aliphatic carbocycles. The van der Waals surface area contributed by atoms with Crippen LogP contribution in [-0.4, -0.2) is 79.0 Å². The van der Waals surface area contributed by atoms with Gasteiger partial charge in [-0.2, -0.15) is 0 Å². The second-order valence-electron chi connectivity index (χ2n) is 9.09. The first-order valence-corrected chi connectivity index (χ1v) is 12.9. The number of anilines is 2. The zero-order chi connectivity index (χ0) is 22.9. The Balaban J connectivity index is 1.20. The van der Waals surface area contributed by atoms with Gasteiger partial charge in [-0.3, -0.25) is 14.8 Å². The Hall–Kier alpha value is -2.59. The minimum absolute atomic E-state index is 0.713. The smallest absolute Gasteiger partial charge is 0.142 e. The molecule has 0 bridgehead atoms. The van der Waals surface area contributed by atoms with E-state index < -0.39 is 0 Å². The van der Waals surface area contributed by atoms with Gasteiger partial charge in [0.2, 0.25) is 0 Å². The van der Waals surface area contributed by atoms with E-state index in [1.54, 1.807) is 13.4 Å². The first-order chi connectivity index (χ1) is 16.8. The molecule has 0 atom stereocenters. The number of methoxy groups -OCH3 is 1. The zero-order valence-corrected chi connectivity index (χ0v) is 20.4. The van der Waals surface area contributed by atoms with Crippen molar-refractivity contribution in [3.8, 4) is 5.75 Å². The number of morpholine rings is 1. The maximum absolute atomic E-state index is 5.67. The summed E-state index contributed by atoms with van der Waals surface area (Å²) in [4.78, 5) is 21.2. The van der Waals surface area contributed by atoms with Gasteiger partial charge in [-0.25, -0.2) is 9.97 Å². The lowest BCUT2D eigenvalue weighted by Crippen LogP contribution is -2.38. The largest absolute Gasteiger partial charge is 0.495 e. The van der Waals surface area contributed by atoms with Crippen LogP contribution >= 0.6 is 11.3 Å². The van der Waals surface area contributed by atoms with Crippen molar-refractivity contribution in [2.24, 2.45) is 4.99 Å². The summed E-state index contributed by atoms with van der Waals surface area (Å²) in [5.41, 5.74) is 4.63. The van der Waals surface area contributed by atoms with Crippen LogP contribution in [0.25, 0.3) is 10.2 Å². The molecule has 1 N–H and O–H groups in total. The molecule has 178 valence electrons. The quantitative estimate of drug-likeness (QED) is 0.557. The molecule has 0 amide bonds. The molecule has 0 unspecified atom stereocenters. The number of aliphatic imine (C=N–C) groups is 1. The van der Waals surface area contributed by atoms with Gasteiger partial charge in [-0.15, -0.1) is 11.3 Å². The van der Waals surface area contributed by atoms with Crippen molar-refractivity contribution >= 4 is 39.3 Å². The number of hydrogen-bond acceptors (Lipinski definition) is 9. The molecule has 3 aromatic rings. The number of hydrogen-bond donors (Lipinski definition) is 1. The molecule has 0 radical (unpaired) electrons. The molecule has 34 heavy (non-hydrogen) atoms. The van der Waals surface area contributed by atoms with Crippen molar-refractivity contribution in [3.05, 3.63) is 40.0 Å². The van der Waals surface area contributed by atoms with Gasteiger partial charge in [-0.05, 0) is 54.8 Å². The van der Waals surface area contributed by atoms with Crippen LogP contribution in [0.15, 0.2) is 23.5 Å². The Morgan fingerprint density at radius 2 is 2.00 bits per heavy atom. The average Bonchev–Trinajstić information content (AvgIpc) is 3.48. The second kappa shape index (κ2) is 9.58. The number of benzene rings is 1. The van der Waals surface area contributed by atoms with Gasteiger partial charge in [0.1, 0.15) is 22.7 Å². The lowest BCUT2D eigenvalue weighted by Gasteiger charge is -2.30. The lowest BCUT2D eigenvalue weighted by atomic mass is 10.0. The monoisotopic (exact) mass is 478 g/mol. The van der Waals surface area contributed by atoms with Crippen molar-refractivity contribution in [2.45, 2.75) is 25.9 Å². The van der Waals surface area contributed by atoms with E-state index in [1.807, 2.05) is 17.6 Å². The molecule has 5 heterocycles. The molecular weight excluding hydrogens is 448 g/mol. The summed E-state index contributed by atoms with van der Waals surface area (Å²) >= 11 is 1.81. The molecular formula is C25H30N6O2S. The summed E-state index contributed by atoms with van der Waals surface area (Å²) in [5, 5.41) is 4.71. The highest BCUT2D eigenvalue weighted by molar-refractivity contribution is 7.19. The Kier molecular flexibility index (Phi) is 6.17. The van der Waals surface area contributed by atoms with E-state index in [1.165, 1.54) is 22.4 Å². The molecule has 2 aromatic heterocycles. The zero-order valence-electron chi connectivity index (χ0n) is 19.5. The molecule has 1 aromatic carbocycles. The van der Waals surface area contributed by atoms with Gasteiger partial charge in [0.25, 0.3) is 0 Å². The molecule has 3 aliphatic rings. The van der Waals surface area contributed by atoms with E-state index in [0.717, 1.165) is 91.9 Å². The predicted octanol–water partition coefficient (Wildman–Crippen LogP) is 3.46.